The Hall–Kier alpha value is -3.34. The molecule has 9 heteroatoms. The van der Waals surface area contributed by atoms with Gasteiger partial charge in [-0.3, -0.25) is 4.79 Å². The highest BCUT2D eigenvalue weighted by atomic mass is 35.5. The molecular weight excluding hydrogens is 415 g/mol. The molecule has 1 aromatic heterocycles. The minimum Gasteiger partial charge on any atom is -0.497 e. The van der Waals surface area contributed by atoms with E-state index in [4.69, 9.17) is 37.9 Å². The lowest BCUT2D eigenvalue weighted by Crippen LogP contribution is -2.15. The van der Waals surface area contributed by atoms with Crippen LogP contribution in [-0.2, 0) is 6.61 Å². The number of hydrogen-bond acceptors (Lipinski definition) is 6. The van der Waals surface area contributed by atoms with E-state index in [1.165, 1.54) is 12.3 Å². The van der Waals surface area contributed by atoms with Crippen LogP contribution in [0.2, 0.25) is 10.2 Å². The number of benzene rings is 2. The van der Waals surface area contributed by atoms with Crippen molar-refractivity contribution in [1.29, 1.82) is 5.26 Å². The molecule has 1 N–H and O–H groups in total. The summed E-state index contributed by atoms with van der Waals surface area (Å²) in [5, 5.41) is 11.6. The summed E-state index contributed by atoms with van der Waals surface area (Å²) >= 11 is 12.0. The molecule has 2 aromatic carbocycles. The molecule has 3 rings (SSSR count). The molecule has 3 aromatic rings. The third-order valence-corrected chi connectivity index (χ3v) is 4.31. The van der Waals surface area contributed by atoms with Crippen LogP contribution >= 0.6 is 23.2 Å². The Balaban J connectivity index is 1.78. The van der Waals surface area contributed by atoms with Crippen LogP contribution in [0.3, 0.4) is 0 Å². The molecule has 1 heterocycles. The Morgan fingerprint density at radius 3 is 2.62 bits per heavy atom. The molecule has 0 atom stereocenters. The van der Waals surface area contributed by atoms with E-state index in [0.717, 1.165) is 11.3 Å². The molecule has 0 radical (unpaired) electrons. The second-order valence-corrected chi connectivity index (χ2v) is 6.53. The summed E-state index contributed by atoms with van der Waals surface area (Å²) in [7, 11) is 1.59. The van der Waals surface area contributed by atoms with E-state index < -0.39 is 5.91 Å². The van der Waals surface area contributed by atoms with Gasteiger partial charge in [-0.25, -0.2) is 9.97 Å². The molecule has 0 spiro atoms. The van der Waals surface area contributed by atoms with Crippen LogP contribution in [0.4, 0.5) is 5.82 Å². The number of hydrogen-bond donors (Lipinski definition) is 1. The first-order valence-corrected chi connectivity index (χ1v) is 9.05. The number of nitrogens with one attached hydrogen (secondary N) is 1. The van der Waals surface area contributed by atoms with Gasteiger partial charge in [0.25, 0.3) is 5.91 Å². The van der Waals surface area contributed by atoms with E-state index in [1.54, 1.807) is 19.2 Å². The number of anilines is 1. The Kier molecular flexibility index (Phi) is 6.50. The van der Waals surface area contributed by atoms with Crippen molar-refractivity contribution in [2.75, 3.05) is 12.4 Å². The maximum atomic E-state index is 12.7. The molecule has 0 saturated carbocycles. The smallest absolute Gasteiger partial charge is 0.260 e. The van der Waals surface area contributed by atoms with Crippen LogP contribution in [0.15, 0.2) is 48.7 Å². The molecular formula is C20H14Cl2N4O3. The number of nitrogens with zero attached hydrogens (tertiary/aromatic N) is 3. The number of carbonyl (C=O) groups excluding carboxylic acids is 1. The Morgan fingerprint density at radius 1 is 1.21 bits per heavy atom. The molecule has 0 aliphatic rings. The highest BCUT2D eigenvalue weighted by Crippen LogP contribution is 2.26. The first kappa shape index (κ1) is 20.4. The molecule has 0 aliphatic carbocycles. The second kappa shape index (κ2) is 9.24. The standard InChI is InChI=1S/C20H14Cl2N4O3/c1-28-15-5-2-12(3-6-15)11-29-17-7-4-13(21)8-16(17)20(27)26-19-18(22)25-14(9-23)10-24-19/h2-8,10H,11H2,1H3,(H,24,26,27). The predicted octanol–water partition coefficient (Wildman–Crippen LogP) is 4.49. The minimum absolute atomic E-state index is 0.0248. The van der Waals surface area contributed by atoms with Crippen molar-refractivity contribution in [2.45, 2.75) is 6.61 Å². The number of aromatic nitrogens is 2. The number of halogens is 2. The fourth-order valence-electron chi connectivity index (χ4n) is 2.37. The molecule has 1 amide bonds. The van der Waals surface area contributed by atoms with Gasteiger partial charge >= 0.3 is 0 Å². The highest BCUT2D eigenvalue weighted by molar-refractivity contribution is 6.32. The zero-order valence-electron chi connectivity index (χ0n) is 15.1. The molecule has 0 fully saturated rings. The van der Waals surface area contributed by atoms with E-state index in [-0.39, 0.29) is 28.8 Å². The van der Waals surface area contributed by atoms with Gasteiger partial charge in [-0.15, -0.1) is 0 Å². The van der Waals surface area contributed by atoms with Crippen molar-refractivity contribution in [3.05, 3.63) is 75.7 Å². The summed E-state index contributed by atoms with van der Waals surface area (Å²) in [6.45, 7) is 0.239. The maximum Gasteiger partial charge on any atom is 0.260 e. The number of amides is 1. The second-order valence-electron chi connectivity index (χ2n) is 5.74. The number of nitriles is 1. The van der Waals surface area contributed by atoms with Crippen molar-refractivity contribution in [2.24, 2.45) is 0 Å². The molecule has 0 bridgehead atoms. The van der Waals surface area contributed by atoms with Gasteiger partial charge in [0, 0.05) is 5.02 Å². The first-order chi connectivity index (χ1) is 14.0. The maximum absolute atomic E-state index is 12.7. The summed E-state index contributed by atoms with van der Waals surface area (Å²) in [4.78, 5) is 20.5. The largest absolute Gasteiger partial charge is 0.497 e. The topological polar surface area (TPSA) is 97.1 Å². The quantitative estimate of drug-likeness (QED) is 0.620. The van der Waals surface area contributed by atoms with Gasteiger partial charge in [-0.2, -0.15) is 5.26 Å². The van der Waals surface area contributed by atoms with Crippen molar-refractivity contribution < 1.29 is 14.3 Å². The molecule has 29 heavy (non-hydrogen) atoms. The zero-order valence-corrected chi connectivity index (χ0v) is 16.7. The van der Waals surface area contributed by atoms with Crippen LogP contribution in [-0.4, -0.2) is 23.0 Å². The lowest BCUT2D eigenvalue weighted by Gasteiger charge is -2.13. The lowest BCUT2D eigenvalue weighted by molar-refractivity contribution is 0.102. The number of ether oxygens (including phenoxy) is 2. The summed E-state index contributed by atoms with van der Waals surface area (Å²) in [6, 6.07) is 13.9. The lowest BCUT2D eigenvalue weighted by atomic mass is 10.2. The molecule has 0 unspecified atom stereocenters. The van der Waals surface area contributed by atoms with Gasteiger partial charge in [-0.1, -0.05) is 35.3 Å². The highest BCUT2D eigenvalue weighted by Gasteiger charge is 2.17. The fourth-order valence-corrected chi connectivity index (χ4v) is 2.73. The van der Waals surface area contributed by atoms with Crippen LogP contribution in [0.1, 0.15) is 21.6 Å². The van der Waals surface area contributed by atoms with E-state index in [1.807, 2.05) is 30.3 Å². The van der Waals surface area contributed by atoms with Crippen molar-refractivity contribution in [3.63, 3.8) is 0 Å². The van der Waals surface area contributed by atoms with Crippen LogP contribution in [0.5, 0.6) is 11.5 Å². The average Bonchev–Trinajstić information content (AvgIpc) is 2.74. The van der Waals surface area contributed by atoms with Gasteiger partial charge < -0.3 is 14.8 Å². The monoisotopic (exact) mass is 428 g/mol. The van der Waals surface area contributed by atoms with Gasteiger partial charge in [0.1, 0.15) is 24.2 Å². The SMILES string of the molecule is COc1ccc(COc2ccc(Cl)cc2C(=O)Nc2ncc(C#N)nc2Cl)cc1. The summed E-state index contributed by atoms with van der Waals surface area (Å²) < 4.78 is 10.9. The normalized spacial score (nSPS) is 10.1. The Labute approximate surface area is 176 Å². The molecule has 0 saturated heterocycles. The van der Waals surface area contributed by atoms with Crippen molar-refractivity contribution >= 4 is 34.9 Å². The van der Waals surface area contributed by atoms with Crippen LogP contribution in [0, 0.1) is 11.3 Å². The first-order valence-electron chi connectivity index (χ1n) is 8.29. The Morgan fingerprint density at radius 2 is 1.97 bits per heavy atom. The third-order valence-electron chi connectivity index (χ3n) is 3.82. The predicted molar refractivity (Wildman–Crippen MR) is 108 cm³/mol. The van der Waals surface area contributed by atoms with Crippen LogP contribution < -0.4 is 14.8 Å². The number of rotatable bonds is 6. The van der Waals surface area contributed by atoms with E-state index in [9.17, 15) is 4.79 Å². The third kappa shape index (κ3) is 5.13. The van der Waals surface area contributed by atoms with Crippen LogP contribution in [0.25, 0.3) is 0 Å². The average molecular weight is 429 g/mol. The van der Waals surface area contributed by atoms with E-state index in [0.29, 0.717) is 10.8 Å². The van der Waals surface area contributed by atoms with E-state index >= 15 is 0 Å². The molecule has 7 nitrogen and oxygen atoms in total. The van der Waals surface area contributed by atoms with Gasteiger partial charge in [0.15, 0.2) is 16.7 Å². The van der Waals surface area contributed by atoms with Crippen molar-refractivity contribution in [3.8, 4) is 17.6 Å². The Bertz CT molecular complexity index is 1080. The summed E-state index contributed by atoms with van der Waals surface area (Å²) in [5.41, 5.74) is 1.14. The summed E-state index contributed by atoms with van der Waals surface area (Å²) in [5.74, 6) is 0.566. The number of carbonyl (C=O) groups is 1. The van der Waals surface area contributed by atoms with E-state index in [2.05, 4.69) is 15.3 Å². The molecule has 0 aliphatic heterocycles. The van der Waals surface area contributed by atoms with Gasteiger partial charge in [-0.05, 0) is 35.9 Å². The zero-order chi connectivity index (χ0) is 20.8. The van der Waals surface area contributed by atoms with Crippen molar-refractivity contribution in [1.82, 2.24) is 9.97 Å². The molecule has 146 valence electrons. The van der Waals surface area contributed by atoms with Gasteiger partial charge in [0.05, 0.1) is 18.9 Å². The van der Waals surface area contributed by atoms with Gasteiger partial charge in [0.2, 0.25) is 0 Å². The summed E-state index contributed by atoms with van der Waals surface area (Å²) in [6.07, 6.45) is 1.21. The fraction of sp³-hybridized carbons (Fsp3) is 0.100. The number of methoxy groups -OCH3 is 1. The minimum atomic E-state index is -0.530.